The maximum Gasteiger partial charge on any atom is 0.172 e. The molecule has 1 atom stereocenters. The molecule has 1 aliphatic carbocycles. The van der Waals surface area contributed by atoms with E-state index in [1.165, 1.54) is 18.3 Å². The first-order chi connectivity index (χ1) is 13.4. The average Bonchev–Trinajstić information content (AvgIpc) is 2.73. The van der Waals surface area contributed by atoms with E-state index in [4.69, 9.17) is 14.2 Å². The molecule has 0 amide bonds. The lowest BCUT2D eigenvalue weighted by molar-refractivity contribution is -0.213. The van der Waals surface area contributed by atoms with Gasteiger partial charge in [-0.25, -0.2) is 0 Å². The summed E-state index contributed by atoms with van der Waals surface area (Å²) in [7, 11) is 4.92. The molecule has 0 radical (unpaired) electrons. The van der Waals surface area contributed by atoms with Crippen molar-refractivity contribution in [3.8, 4) is 11.5 Å². The smallest absolute Gasteiger partial charge is 0.172 e. The number of ether oxygens (including phenoxy) is 3. The number of benzene rings is 1. The Morgan fingerprint density at radius 1 is 1.21 bits per heavy atom. The summed E-state index contributed by atoms with van der Waals surface area (Å²) in [6.45, 7) is 0.777. The number of phenols is 1. The maximum absolute atomic E-state index is 10.4. The van der Waals surface area contributed by atoms with E-state index in [-0.39, 0.29) is 18.5 Å². The predicted molar refractivity (Wildman–Crippen MR) is 114 cm³/mol. The van der Waals surface area contributed by atoms with Crippen LogP contribution < -0.4 is 4.74 Å². The summed E-state index contributed by atoms with van der Waals surface area (Å²) in [6, 6.07) is 1.83. The molecule has 0 aromatic heterocycles. The predicted octanol–water partition coefficient (Wildman–Crippen LogP) is 3.96. The zero-order valence-electron chi connectivity index (χ0n) is 16.4. The second-order valence-electron chi connectivity index (χ2n) is 7.25. The molecule has 6 nitrogen and oxygen atoms in total. The molecule has 1 aromatic carbocycles. The Labute approximate surface area is 182 Å². The minimum atomic E-state index is -0.551. The lowest BCUT2D eigenvalue weighted by atomic mass is 9.78. The molecule has 156 valence electrons. The van der Waals surface area contributed by atoms with Crippen molar-refractivity contribution in [2.45, 2.75) is 43.9 Å². The van der Waals surface area contributed by atoms with E-state index in [1.807, 2.05) is 0 Å². The van der Waals surface area contributed by atoms with Crippen LogP contribution in [0.2, 0.25) is 0 Å². The number of aliphatic hydroxyl groups excluding tert-OH is 1. The lowest BCUT2D eigenvalue weighted by Crippen LogP contribution is -2.47. The molecule has 1 aliphatic heterocycles. The van der Waals surface area contributed by atoms with Gasteiger partial charge in [0, 0.05) is 44.1 Å². The fourth-order valence-corrected chi connectivity index (χ4v) is 5.76. The molecule has 0 saturated heterocycles. The second kappa shape index (κ2) is 9.02. The van der Waals surface area contributed by atoms with E-state index in [9.17, 15) is 10.2 Å². The Morgan fingerprint density at radius 2 is 1.93 bits per heavy atom. The summed E-state index contributed by atoms with van der Waals surface area (Å²) in [5.74, 6) is -0.0555. The molecule has 0 bridgehead atoms. The third-order valence-electron chi connectivity index (χ3n) is 6.05. The highest BCUT2D eigenvalue weighted by Crippen LogP contribution is 2.45. The number of phenolic OH excluding ortho intramolecular Hbond substituents is 1. The number of hydrogen-bond donors (Lipinski definition) is 2. The van der Waals surface area contributed by atoms with Crippen LogP contribution in [0, 0.1) is 0 Å². The average molecular weight is 521 g/mol. The van der Waals surface area contributed by atoms with Crippen LogP contribution in [0.3, 0.4) is 0 Å². The highest BCUT2D eigenvalue weighted by atomic mass is 79.9. The van der Waals surface area contributed by atoms with Crippen molar-refractivity contribution < 1.29 is 24.4 Å². The van der Waals surface area contributed by atoms with Crippen molar-refractivity contribution in [1.82, 2.24) is 4.90 Å². The summed E-state index contributed by atoms with van der Waals surface area (Å²) < 4.78 is 18.1. The normalized spacial score (nSPS) is 22.3. The van der Waals surface area contributed by atoms with Gasteiger partial charge in [-0.1, -0.05) is 27.1 Å². The molecule has 1 heterocycles. The van der Waals surface area contributed by atoms with E-state index in [2.05, 4.69) is 36.8 Å². The Hall–Kier alpha value is -0.640. The fourth-order valence-electron chi connectivity index (χ4n) is 4.35. The number of hydrogen-bond acceptors (Lipinski definition) is 6. The van der Waals surface area contributed by atoms with Crippen molar-refractivity contribution in [2.75, 3.05) is 34.6 Å². The number of aliphatic hydroxyl groups is 1. The molecular weight excluding hydrogens is 494 g/mol. The van der Waals surface area contributed by atoms with Crippen LogP contribution in [0.4, 0.5) is 0 Å². The Balaban J connectivity index is 1.97. The Kier molecular flexibility index (Phi) is 7.10. The van der Waals surface area contributed by atoms with Gasteiger partial charge in [0.25, 0.3) is 0 Å². The number of halogens is 2. The second-order valence-corrected chi connectivity index (χ2v) is 8.90. The molecule has 0 spiro atoms. The quantitative estimate of drug-likeness (QED) is 0.437. The minimum absolute atomic E-state index is 0.00147. The third-order valence-corrected chi connectivity index (χ3v) is 7.61. The topological polar surface area (TPSA) is 71.4 Å². The van der Waals surface area contributed by atoms with Gasteiger partial charge in [0.2, 0.25) is 0 Å². The number of rotatable bonds is 6. The standard InChI is InChI=1S/C20H27Br2NO5/c1-26-17-9-15(21)14(18(22)19(17)25)8-16-13-4-6-20(27-2,28-3)10-12(13)5-7-23(16)11-24/h9,16,24-25H,4-8,10-11H2,1-3H3. The van der Waals surface area contributed by atoms with Crippen LogP contribution in [0.15, 0.2) is 26.2 Å². The van der Waals surface area contributed by atoms with Crippen molar-refractivity contribution >= 4 is 31.9 Å². The Bertz CT molecular complexity index is 763. The number of methoxy groups -OCH3 is 3. The molecule has 28 heavy (non-hydrogen) atoms. The van der Waals surface area contributed by atoms with Crippen LogP contribution in [0.1, 0.15) is 31.2 Å². The first kappa shape index (κ1) is 22.1. The van der Waals surface area contributed by atoms with E-state index in [0.29, 0.717) is 16.6 Å². The summed E-state index contributed by atoms with van der Waals surface area (Å²) in [5.41, 5.74) is 3.65. The molecule has 8 heteroatoms. The third kappa shape index (κ3) is 4.00. The van der Waals surface area contributed by atoms with Crippen LogP contribution in [-0.2, 0) is 15.9 Å². The van der Waals surface area contributed by atoms with Gasteiger partial charge < -0.3 is 24.4 Å². The maximum atomic E-state index is 10.4. The van der Waals surface area contributed by atoms with E-state index >= 15 is 0 Å². The highest BCUT2D eigenvalue weighted by molar-refractivity contribution is 9.11. The molecule has 1 unspecified atom stereocenters. The first-order valence-corrected chi connectivity index (χ1v) is 10.9. The Morgan fingerprint density at radius 3 is 2.54 bits per heavy atom. The van der Waals surface area contributed by atoms with Gasteiger partial charge in [-0.05, 0) is 46.8 Å². The summed E-state index contributed by atoms with van der Waals surface area (Å²) >= 11 is 7.13. The van der Waals surface area contributed by atoms with Gasteiger partial charge in [-0.2, -0.15) is 0 Å². The fraction of sp³-hybridized carbons (Fsp3) is 0.600. The van der Waals surface area contributed by atoms with Crippen LogP contribution >= 0.6 is 31.9 Å². The summed E-state index contributed by atoms with van der Waals surface area (Å²) in [5, 5.41) is 20.4. The van der Waals surface area contributed by atoms with Crippen LogP contribution in [0.5, 0.6) is 11.5 Å². The molecule has 0 saturated carbocycles. The van der Waals surface area contributed by atoms with Crippen molar-refractivity contribution in [2.24, 2.45) is 0 Å². The van der Waals surface area contributed by atoms with Gasteiger partial charge in [0.15, 0.2) is 17.3 Å². The molecule has 2 aliphatic rings. The number of nitrogens with zero attached hydrogens (tertiary/aromatic N) is 1. The van der Waals surface area contributed by atoms with E-state index in [0.717, 1.165) is 42.3 Å². The summed E-state index contributed by atoms with van der Waals surface area (Å²) in [4.78, 5) is 2.09. The number of aromatic hydroxyl groups is 1. The molecule has 0 fully saturated rings. The van der Waals surface area contributed by atoms with Gasteiger partial charge in [-0.15, -0.1) is 0 Å². The van der Waals surface area contributed by atoms with Crippen molar-refractivity contribution in [3.63, 3.8) is 0 Å². The molecule has 3 rings (SSSR count). The summed E-state index contributed by atoms with van der Waals surface area (Å²) in [6.07, 6.45) is 3.95. The largest absolute Gasteiger partial charge is 0.503 e. The van der Waals surface area contributed by atoms with Crippen LogP contribution in [-0.4, -0.2) is 61.5 Å². The van der Waals surface area contributed by atoms with Crippen LogP contribution in [0.25, 0.3) is 0 Å². The first-order valence-electron chi connectivity index (χ1n) is 9.29. The van der Waals surface area contributed by atoms with Crippen molar-refractivity contribution in [1.29, 1.82) is 0 Å². The zero-order valence-corrected chi connectivity index (χ0v) is 19.6. The molecule has 1 aromatic rings. The minimum Gasteiger partial charge on any atom is -0.503 e. The zero-order chi connectivity index (χ0) is 20.5. The van der Waals surface area contributed by atoms with Crippen molar-refractivity contribution in [3.05, 3.63) is 31.7 Å². The van der Waals surface area contributed by atoms with Gasteiger partial charge >= 0.3 is 0 Å². The SMILES string of the molecule is COc1cc(Br)c(CC2C3=C(CCN2CO)CC(OC)(OC)CC3)c(Br)c1O. The lowest BCUT2D eigenvalue weighted by Gasteiger charge is -2.45. The molecule has 2 N–H and O–H groups in total. The van der Waals surface area contributed by atoms with E-state index < -0.39 is 5.79 Å². The monoisotopic (exact) mass is 519 g/mol. The highest BCUT2D eigenvalue weighted by Gasteiger charge is 2.41. The van der Waals surface area contributed by atoms with Gasteiger partial charge in [0.05, 0.1) is 18.3 Å². The van der Waals surface area contributed by atoms with Gasteiger partial charge in [0.1, 0.15) is 0 Å². The molecular formula is C20H27Br2NO5. The van der Waals surface area contributed by atoms with E-state index in [1.54, 1.807) is 20.3 Å². The van der Waals surface area contributed by atoms with Gasteiger partial charge in [-0.3, -0.25) is 4.90 Å².